The molecule has 0 aromatic rings. The van der Waals surface area contributed by atoms with Gasteiger partial charge in [0.05, 0.1) is 529 Å². The minimum atomic E-state index is -0.106. The van der Waals surface area contributed by atoms with E-state index >= 15 is 0 Å². The summed E-state index contributed by atoms with van der Waals surface area (Å²) in [6.45, 7) is 46.2. The topological polar surface area (TPSA) is 466 Å². The maximum atomic E-state index is 12.0. The monoisotopic (exact) mass is 2090 g/mol. The van der Waals surface area contributed by atoms with Gasteiger partial charge in [0.25, 0.3) is 0 Å². The maximum Gasteiger partial charge on any atom is 0.222 e. The number of Topliss-reactive ketones (excluding diaryl/α,β-unsaturated/α-hetero) is 1. The molecule has 852 valence electrons. The fourth-order valence-corrected chi connectivity index (χ4v) is 10.6. The summed E-state index contributed by atoms with van der Waals surface area (Å²) in [5, 5.41) is 6.53. The van der Waals surface area contributed by atoms with Gasteiger partial charge in [0.15, 0.2) is 0 Å². The van der Waals surface area contributed by atoms with Gasteiger partial charge < -0.3 is 201 Å². The number of ketones is 1. The van der Waals surface area contributed by atoms with Crippen LogP contribution in [0.5, 0.6) is 0 Å². The van der Waals surface area contributed by atoms with Crippen molar-refractivity contribution in [3.05, 3.63) is 0 Å². The first-order valence-electron chi connectivity index (χ1n) is 51.5. The lowest BCUT2D eigenvalue weighted by atomic mass is 10.1. The third-order valence-corrected chi connectivity index (χ3v) is 18.3. The summed E-state index contributed by atoms with van der Waals surface area (Å²) in [7, 11) is 0. The van der Waals surface area contributed by atoms with Crippen molar-refractivity contribution in [2.45, 2.75) is 59.8 Å². The number of amides is 1. The van der Waals surface area contributed by atoms with Gasteiger partial charge in [-0.25, -0.2) is 0 Å². The van der Waals surface area contributed by atoms with E-state index in [0.29, 0.717) is 547 Å². The number of hydrazone groups is 1. The molecule has 0 aliphatic carbocycles. The highest BCUT2D eigenvalue weighted by molar-refractivity contribution is 6.31. The zero-order valence-corrected chi connectivity index (χ0v) is 87.9. The van der Waals surface area contributed by atoms with Gasteiger partial charge in [-0.15, -0.1) is 0 Å². The van der Waals surface area contributed by atoms with E-state index in [2.05, 4.69) is 29.3 Å². The van der Waals surface area contributed by atoms with Gasteiger partial charge in [0.1, 0.15) is 11.5 Å². The summed E-state index contributed by atoms with van der Waals surface area (Å²) < 4.78 is 221. The van der Waals surface area contributed by atoms with E-state index < -0.39 is 0 Å². The van der Waals surface area contributed by atoms with Gasteiger partial charge in [-0.1, -0.05) is 40.5 Å². The van der Waals surface area contributed by atoms with Gasteiger partial charge in [-0.05, 0) is 12.3 Å². The molecule has 1 amide bonds. The van der Waals surface area contributed by atoms with Crippen molar-refractivity contribution >= 4 is 23.6 Å². The van der Waals surface area contributed by atoms with E-state index in [1.54, 1.807) is 6.21 Å². The molecule has 0 rings (SSSR count). The zero-order chi connectivity index (χ0) is 103. The van der Waals surface area contributed by atoms with Crippen LogP contribution in [0.15, 0.2) is 10.1 Å². The summed E-state index contributed by atoms with van der Waals surface area (Å²) in [6, 6.07) is 0. The Labute approximate surface area is 853 Å². The van der Waals surface area contributed by atoms with Crippen LogP contribution >= 0.6 is 0 Å². The van der Waals surface area contributed by atoms with Gasteiger partial charge in [-0.3, -0.25) is 14.6 Å². The normalized spacial score (nSPS) is 12.1. The van der Waals surface area contributed by atoms with Crippen LogP contribution in [-0.4, -0.2) is 565 Å². The molecule has 46 heteroatoms. The molecule has 0 bridgehead atoms. The third kappa shape index (κ3) is 129. The maximum absolute atomic E-state index is 12.0. The average molecular weight is 2090 g/mol. The van der Waals surface area contributed by atoms with E-state index in [1.165, 1.54) is 6.42 Å². The Kier molecular flexibility index (Phi) is 126. The molecule has 0 fully saturated rings. The van der Waals surface area contributed by atoms with Crippen molar-refractivity contribution in [2.24, 2.45) is 27.8 Å². The molecule has 0 aromatic carbocycles. The third-order valence-electron chi connectivity index (χ3n) is 18.3. The van der Waals surface area contributed by atoms with Gasteiger partial charge in [-0.2, -0.15) is 5.10 Å². The molecule has 0 heterocycles. The summed E-state index contributed by atoms with van der Waals surface area (Å²) in [5.74, 6) is 6.30. The zero-order valence-electron chi connectivity index (χ0n) is 87.9. The first kappa shape index (κ1) is 140. The number of ether oxygens (including phenoxy) is 40. The number of hydrogen-bond donors (Lipinski definition) is 2. The lowest BCUT2D eigenvalue weighted by Gasteiger charge is -2.09. The summed E-state index contributed by atoms with van der Waals surface area (Å²) >= 11 is 0. The fraction of sp³-hybridized carbons (Fsp3) is 0.959. The van der Waals surface area contributed by atoms with Crippen LogP contribution in [-0.2, 0) is 199 Å². The Morgan fingerprint density at radius 2 is 0.364 bits per heavy atom. The van der Waals surface area contributed by atoms with Crippen molar-refractivity contribution in [3.63, 3.8) is 0 Å². The highest BCUT2D eigenvalue weighted by Gasteiger charge is 2.10. The van der Waals surface area contributed by atoms with Crippen LogP contribution in [0, 0.1) is 11.8 Å². The van der Waals surface area contributed by atoms with E-state index in [9.17, 15) is 9.59 Å². The molecule has 0 spiro atoms. The minimum Gasteiger partial charge on any atom is -0.379 e. The fourth-order valence-electron chi connectivity index (χ4n) is 10.6. The number of unbranched alkanes of at least 4 members (excludes halogenated alkanes) is 1. The Balaban J connectivity index is 3.14. The molecule has 0 unspecified atom stereocenters. The average Bonchev–Trinajstić information content (AvgIpc) is 1.01. The number of nitrogens with zero attached hydrogens (tertiary/aromatic N) is 2. The molecular weight excluding hydrogens is 1890 g/mol. The van der Waals surface area contributed by atoms with E-state index in [1.807, 2.05) is 13.8 Å². The van der Waals surface area contributed by atoms with Crippen molar-refractivity contribution in [1.82, 2.24) is 5.32 Å². The smallest absolute Gasteiger partial charge is 0.222 e. The molecule has 0 aliphatic heterocycles. The quantitative estimate of drug-likeness (QED) is 0.0382. The number of nitrogens with one attached hydrogen (secondary N) is 1. The Morgan fingerprint density at radius 3 is 0.524 bits per heavy atom. The number of hydrogen-bond acceptors (Lipinski definition) is 45. The molecule has 0 saturated carbocycles. The second kappa shape index (κ2) is 129. The highest BCUT2D eigenvalue weighted by Crippen LogP contribution is 2.07. The van der Waals surface area contributed by atoms with Crippen LogP contribution in [0.25, 0.3) is 0 Å². The number of carbonyl (C=O) groups is 2. The summed E-state index contributed by atoms with van der Waals surface area (Å²) in [6.07, 6.45) is 5.79. The minimum absolute atomic E-state index is 0.0460. The molecule has 0 aliphatic rings. The lowest BCUT2D eigenvalue weighted by molar-refractivity contribution is -0.123. The van der Waals surface area contributed by atoms with Gasteiger partial charge >= 0.3 is 0 Å². The molecule has 143 heavy (non-hydrogen) atoms. The molecular formula is C97H192N4O42. The predicted octanol–water partition coefficient (Wildman–Crippen LogP) is 2.98. The molecule has 0 radical (unpaired) electrons. The molecule has 3 N–H and O–H groups in total. The first-order valence-corrected chi connectivity index (χ1v) is 51.5. The van der Waals surface area contributed by atoms with E-state index in [4.69, 9.17) is 195 Å². The molecule has 0 saturated heterocycles. The largest absolute Gasteiger partial charge is 0.379 e. The number of carbonyl (C=O) groups excluding carboxylic acids is 2. The Morgan fingerprint density at radius 1 is 0.210 bits per heavy atom. The van der Waals surface area contributed by atoms with Crippen LogP contribution < -0.4 is 11.2 Å². The van der Waals surface area contributed by atoms with E-state index in [-0.39, 0.29) is 30.6 Å². The first-order chi connectivity index (χ1) is 70.9. The van der Waals surface area contributed by atoms with Crippen LogP contribution in [0.1, 0.15) is 59.8 Å². The SMILES string of the molecule is CC(C)CCCCN=CC(COCCOCCOCCOCCC(=O)NCCOCCOCCOCCOCCOCCOCCOCCOCCOCCOCCOCCOCCOCCOCCOCCOCCOCCOCCOCCOCCOCCOCCOCCOCCOCCOCCOCCOCCOCCOCCOCCOCCOCCOCCOCCOCCC(=O)C(C)C)=NN. The van der Waals surface area contributed by atoms with E-state index in [0.717, 1.165) is 19.4 Å². The number of rotatable bonds is 132. The highest BCUT2D eigenvalue weighted by atomic mass is 16.6. The number of nitrogens with two attached hydrogens (primary N) is 1. The van der Waals surface area contributed by atoms with Crippen LogP contribution in [0.2, 0.25) is 0 Å². The van der Waals surface area contributed by atoms with Crippen LogP contribution in [0.3, 0.4) is 0 Å². The predicted molar refractivity (Wildman–Crippen MR) is 529 cm³/mol. The van der Waals surface area contributed by atoms with Crippen molar-refractivity contribution in [1.29, 1.82) is 0 Å². The molecule has 46 nitrogen and oxygen atoms in total. The summed E-state index contributed by atoms with van der Waals surface area (Å²) in [5.41, 5.74) is 0.596. The van der Waals surface area contributed by atoms with Crippen LogP contribution in [0.4, 0.5) is 0 Å². The van der Waals surface area contributed by atoms with Crippen molar-refractivity contribution in [3.8, 4) is 0 Å². The molecule has 0 atom stereocenters. The summed E-state index contributed by atoms with van der Waals surface area (Å²) in [4.78, 5) is 28.0. The number of aliphatic imine (C=N–C) groups is 1. The Bertz CT molecular complexity index is 2410. The second-order valence-corrected chi connectivity index (χ2v) is 31.0. The second-order valence-electron chi connectivity index (χ2n) is 31.0. The van der Waals surface area contributed by atoms with Gasteiger partial charge in [0.2, 0.25) is 5.91 Å². The van der Waals surface area contributed by atoms with Crippen molar-refractivity contribution < 1.29 is 199 Å². The standard InChI is InChI=1S/C97H192N4O42/c1-93(2)7-5-6-10-99-91-95(101-98)92-143-90-89-142-88-87-108-19-16-105-13-9-97(103)100-11-14-106-17-20-109-22-24-111-26-28-113-30-32-115-34-36-117-38-40-119-42-44-121-46-48-123-50-52-125-54-56-127-58-60-129-62-64-131-66-68-133-70-72-135-74-76-137-78-80-139-82-84-141-86-85-140-83-81-138-79-77-136-75-73-134-71-69-132-67-65-130-63-61-128-59-57-126-55-53-124-51-49-122-47-45-120-43-41-118-39-37-116-35-33-114-31-29-112-27-25-110-23-21-107-18-15-104-12-8-96(102)94(3)4/h91,93-94H,5-90,92,98H2,1-4H3,(H,100,103). The Hall–Kier alpha value is -3.32. The van der Waals surface area contributed by atoms with Crippen molar-refractivity contribution in [2.75, 3.05) is 542 Å². The lowest BCUT2D eigenvalue weighted by Crippen LogP contribution is -2.28. The van der Waals surface area contributed by atoms with Gasteiger partial charge in [0, 0.05) is 38.1 Å². The molecule has 0 aromatic heterocycles.